The number of carbonyl (C=O) groups is 1. The predicted octanol–water partition coefficient (Wildman–Crippen LogP) is 2.03. The van der Waals surface area contributed by atoms with E-state index in [0.29, 0.717) is 33.6 Å². The molecule has 3 heterocycles. The van der Waals surface area contributed by atoms with Crippen molar-refractivity contribution < 1.29 is 4.79 Å². The second-order valence-electron chi connectivity index (χ2n) is 7.46. The van der Waals surface area contributed by atoms with E-state index in [1.54, 1.807) is 7.05 Å². The Labute approximate surface area is 163 Å². The Morgan fingerprint density at radius 1 is 1.30 bits per heavy atom. The third-order valence-electron chi connectivity index (χ3n) is 5.42. The van der Waals surface area contributed by atoms with E-state index >= 15 is 0 Å². The molecule has 3 rings (SSSR count). The first-order valence-electron chi connectivity index (χ1n) is 9.27. The largest absolute Gasteiger partial charge is 0.338 e. The van der Waals surface area contributed by atoms with Crippen molar-refractivity contribution >= 4 is 17.2 Å². The first-order valence-corrected chi connectivity index (χ1v) is 10.1. The van der Waals surface area contributed by atoms with Crippen molar-refractivity contribution in [2.45, 2.75) is 46.6 Å². The van der Waals surface area contributed by atoms with Crippen LogP contribution in [0.2, 0.25) is 0 Å². The number of hydrogen-bond acceptors (Lipinski definition) is 6. The van der Waals surface area contributed by atoms with E-state index < -0.39 is 0 Å². The zero-order valence-electron chi connectivity index (χ0n) is 16.6. The number of aryl methyl sites for hydroxylation is 3. The minimum absolute atomic E-state index is 0.0122. The summed E-state index contributed by atoms with van der Waals surface area (Å²) in [5.74, 6) is 0.314. The normalized spacial score (nSPS) is 18.6. The Morgan fingerprint density at radius 3 is 2.67 bits per heavy atom. The van der Waals surface area contributed by atoms with Gasteiger partial charge in [0.15, 0.2) is 0 Å². The number of thiazole rings is 1. The summed E-state index contributed by atoms with van der Waals surface area (Å²) in [6, 6.07) is 0.0733. The van der Waals surface area contributed by atoms with Crippen molar-refractivity contribution in [2.75, 3.05) is 13.1 Å². The lowest BCUT2D eigenvalue weighted by Crippen LogP contribution is -2.45. The van der Waals surface area contributed by atoms with Crippen molar-refractivity contribution in [3.63, 3.8) is 0 Å². The Hall–Kier alpha value is -2.06. The van der Waals surface area contributed by atoms with Gasteiger partial charge in [0.05, 0.1) is 17.0 Å². The molecule has 8 heteroatoms. The van der Waals surface area contributed by atoms with Crippen LogP contribution in [0.4, 0.5) is 0 Å². The van der Waals surface area contributed by atoms with Gasteiger partial charge in [0.1, 0.15) is 9.88 Å². The molecule has 27 heavy (non-hydrogen) atoms. The highest BCUT2D eigenvalue weighted by atomic mass is 32.1. The summed E-state index contributed by atoms with van der Waals surface area (Å²) < 4.78 is 1.33. The lowest BCUT2D eigenvalue weighted by molar-refractivity contribution is 0.0665. The van der Waals surface area contributed by atoms with E-state index in [1.165, 1.54) is 16.0 Å². The molecule has 0 aromatic carbocycles. The number of carbonyl (C=O) groups excluding carboxylic acids is 1. The first-order chi connectivity index (χ1) is 12.7. The molecule has 2 aromatic rings. The van der Waals surface area contributed by atoms with Crippen LogP contribution in [0, 0.1) is 26.7 Å². The van der Waals surface area contributed by atoms with E-state index in [2.05, 4.69) is 10.1 Å². The maximum absolute atomic E-state index is 13.1. The second kappa shape index (κ2) is 7.52. The summed E-state index contributed by atoms with van der Waals surface area (Å²) in [4.78, 5) is 32.7. The predicted molar refractivity (Wildman–Crippen MR) is 107 cm³/mol. The molecule has 1 fully saturated rings. The van der Waals surface area contributed by atoms with Gasteiger partial charge in [-0.25, -0.2) is 9.67 Å². The number of aromatic nitrogens is 3. The SMILES string of the molecule is Cc1nc(-c2c(C)c(C)nn(C)c2=O)sc1C(=O)N1CCCC(C(C)N)C1. The van der Waals surface area contributed by atoms with Crippen molar-refractivity contribution in [3.05, 3.63) is 32.2 Å². The number of likely N-dealkylation sites (tertiary alicyclic amines) is 1. The molecule has 0 radical (unpaired) electrons. The topological polar surface area (TPSA) is 94.1 Å². The minimum Gasteiger partial charge on any atom is -0.338 e. The van der Waals surface area contributed by atoms with Crippen molar-refractivity contribution in [1.82, 2.24) is 19.7 Å². The Balaban J connectivity index is 1.96. The summed E-state index contributed by atoms with van der Waals surface area (Å²) in [6.07, 6.45) is 2.02. The summed E-state index contributed by atoms with van der Waals surface area (Å²) in [6.45, 7) is 8.98. The lowest BCUT2D eigenvalue weighted by Gasteiger charge is -2.34. The molecular weight excluding hydrogens is 362 g/mol. The van der Waals surface area contributed by atoms with Gasteiger partial charge in [0.2, 0.25) is 0 Å². The van der Waals surface area contributed by atoms with Gasteiger partial charge in [0.25, 0.3) is 11.5 Å². The standard InChI is InChI=1S/C19H27N5O2S/c1-10-12(3)22-23(5)18(25)15(10)17-21-13(4)16(27-17)19(26)24-8-6-7-14(9-24)11(2)20/h11,14H,6-9,20H2,1-5H3. The van der Waals surface area contributed by atoms with Crippen LogP contribution in [0.15, 0.2) is 4.79 Å². The Kier molecular flexibility index (Phi) is 5.48. The Morgan fingerprint density at radius 2 is 2.00 bits per heavy atom. The van der Waals surface area contributed by atoms with Gasteiger partial charge in [0, 0.05) is 26.2 Å². The van der Waals surface area contributed by atoms with Gasteiger partial charge in [-0.15, -0.1) is 11.3 Å². The number of rotatable bonds is 3. The van der Waals surface area contributed by atoms with Crippen LogP contribution in [0.5, 0.6) is 0 Å². The molecular formula is C19H27N5O2S. The lowest BCUT2D eigenvalue weighted by atomic mass is 9.92. The van der Waals surface area contributed by atoms with Crippen LogP contribution in [0.1, 0.15) is 46.4 Å². The molecule has 1 aliphatic heterocycles. The molecule has 1 amide bonds. The Bertz CT molecular complexity index is 931. The molecule has 2 atom stereocenters. The van der Waals surface area contributed by atoms with Gasteiger partial charge in [-0.2, -0.15) is 5.10 Å². The zero-order chi connectivity index (χ0) is 19.9. The van der Waals surface area contributed by atoms with E-state index in [9.17, 15) is 9.59 Å². The molecule has 7 nitrogen and oxygen atoms in total. The van der Waals surface area contributed by atoms with Crippen molar-refractivity contribution in [1.29, 1.82) is 0 Å². The molecule has 1 aliphatic rings. The average Bonchev–Trinajstić information content (AvgIpc) is 3.01. The van der Waals surface area contributed by atoms with E-state index in [-0.39, 0.29) is 17.5 Å². The summed E-state index contributed by atoms with van der Waals surface area (Å²) in [5.41, 5.74) is 8.64. The van der Waals surface area contributed by atoms with Gasteiger partial charge in [-0.05, 0) is 52.0 Å². The van der Waals surface area contributed by atoms with Crippen LogP contribution in [0.3, 0.4) is 0 Å². The fraction of sp³-hybridized carbons (Fsp3) is 0.579. The van der Waals surface area contributed by atoms with Crippen LogP contribution in [-0.2, 0) is 7.05 Å². The molecule has 0 spiro atoms. The maximum atomic E-state index is 13.1. The zero-order valence-corrected chi connectivity index (χ0v) is 17.4. The van der Waals surface area contributed by atoms with E-state index in [1.807, 2.05) is 32.6 Å². The van der Waals surface area contributed by atoms with Crippen molar-refractivity contribution in [2.24, 2.45) is 18.7 Å². The van der Waals surface area contributed by atoms with Gasteiger partial charge < -0.3 is 10.6 Å². The quantitative estimate of drug-likeness (QED) is 0.867. The first kappa shape index (κ1) is 19.7. The molecule has 0 saturated carbocycles. The number of amides is 1. The second-order valence-corrected chi connectivity index (χ2v) is 8.46. The summed E-state index contributed by atoms with van der Waals surface area (Å²) >= 11 is 1.30. The van der Waals surface area contributed by atoms with Crippen LogP contribution in [-0.4, -0.2) is 44.7 Å². The number of nitrogens with two attached hydrogens (primary N) is 1. The van der Waals surface area contributed by atoms with E-state index in [0.717, 1.165) is 30.6 Å². The van der Waals surface area contributed by atoms with Crippen LogP contribution in [0.25, 0.3) is 10.6 Å². The third kappa shape index (κ3) is 3.68. The van der Waals surface area contributed by atoms with Gasteiger partial charge >= 0.3 is 0 Å². The highest BCUT2D eigenvalue weighted by molar-refractivity contribution is 7.17. The fourth-order valence-electron chi connectivity index (χ4n) is 3.57. The molecule has 0 aliphatic carbocycles. The molecule has 2 unspecified atom stereocenters. The maximum Gasteiger partial charge on any atom is 0.277 e. The highest BCUT2D eigenvalue weighted by Gasteiger charge is 2.29. The summed E-state index contributed by atoms with van der Waals surface area (Å²) in [7, 11) is 1.63. The average molecular weight is 390 g/mol. The minimum atomic E-state index is -0.194. The molecule has 2 aromatic heterocycles. The number of piperidine rings is 1. The summed E-state index contributed by atoms with van der Waals surface area (Å²) in [5, 5.41) is 4.80. The van der Waals surface area contributed by atoms with Gasteiger partial charge in [-0.3, -0.25) is 9.59 Å². The molecule has 0 bridgehead atoms. The molecule has 2 N–H and O–H groups in total. The molecule has 146 valence electrons. The van der Waals surface area contributed by atoms with Crippen LogP contribution < -0.4 is 11.3 Å². The van der Waals surface area contributed by atoms with Gasteiger partial charge in [-0.1, -0.05) is 0 Å². The monoisotopic (exact) mass is 389 g/mol. The smallest absolute Gasteiger partial charge is 0.277 e. The number of nitrogens with zero attached hydrogens (tertiary/aromatic N) is 4. The van der Waals surface area contributed by atoms with E-state index in [4.69, 9.17) is 5.73 Å². The van der Waals surface area contributed by atoms with Crippen molar-refractivity contribution in [3.8, 4) is 10.6 Å². The fourth-order valence-corrected chi connectivity index (χ4v) is 4.70. The third-order valence-corrected chi connectivity index (χ3v) is 6.58. The van der Waals surface area contributed by atoms with Crippen LogP contribution >= 0.6 is 11.3 Å². The molecule has 1 saturated heterocycles. The highest BCUT2D eigenvalue weighted by Crippen LogP contribution is 2.30. The number of hydrogen-bond donors (Lipinski definition) is 1.